The molecule has 1 unspecified atom stereocenters. The zero-order valence-corrected chi connectivity index (χ0v) is 8.62. The Hall–Kier alpha value is -1.11. The van der Waals surface area contributed by atoms with Gasteiger partial charge < -0.3 is 0 Å². The van der Waals surface area contributed by atoms with Crippen LogP contribution in [0, 0.1) is 5.92 Å². The third-order valence-corrected chi connectivity index (χ3v) is 2.30. The fraction of sp³-hybridized carbons (Fsp3) is 0.417. The molecule has 0 aliphatic heterocycles. The van der Waals surface area contributed by atoms with Gasteiger partial charge in [-0.3, -0.25) is 4.99 Å². The van der Waals surface area contributed by atoms with Crippen LogP contribution >= 0.6 is 0 Å². The van der Waals surface area contributed by atoms with Crippen LogP contribution in [0.15, 0.2) is 41.4 Å². The first-order valence-electron chi connectivity index (χ1n) is 4.73. The van der Waals surface area contributed by atoms with Crippen molar-refractivity contribution in [2.45, 2.75) is 26.8 Å². The molecule has 1 aliphatic rings. The molecule has 1 rings (SSSR count). The van der Waals surface area contributed by atoms with Gasteiger partial charge in [-0.05, 0) is 24.5 Å². The van der Waals surface area contributed by atoms with E-state index in [1.807, 2.05) is 24.3 Å². The summed E-state index contributed by atoms with van der Waals surface area (Å²) in [5.74, 6) is 0.583. The molecule has 1 atom stereocenters. The minimum atomic E-state index is 0.364. The molecule has 0 aromatic carbocycles. The first-order valence-corrected chi connectivity index (χ1v) is 4.73. The molecule has 0 saturated carbocycles. The van der Waals surface area contributed by atoms with Crippen molar-refractivity contribution in [2.24, 2.45) is 10.9 Å². The SMILES string of the molecule is C=C1C=CC=CC1=NC(C)C(C)C. The lowest BCUT2D eigenvalue weighted by Crippen LogP contribution is -2.11. The zero-order valence-electron chi connectivity index (χ0n) is 8.62. The third-order valence-electron chi connectivity index (χ3n) is 2.30. The van der Waals surface area contributed by atoms with Crippen molar-refractivity contribution in [1.82, 2.24) is 0 Å². The van der Waals surface area contributed by atoms with Gasteiger partial charge in [0.1, 0.15) is 0 Å². The lowest BCUT2D eigenvalue weighted by Gasteiger charge is -2.13. The molecule has 0 radical (unpaired) electrons. The number of allylic oxidation sites excluding steroid dienone is 5. The summed E-state index contributed by atoms with van der Waals surface area (Å²) >= 11 is 0. The summed E-state index contributed by atoms with van der Waals surface area (Å²) in [5, 5.41) is 0. The van der Waals surface area contributed by atoms with Gasteiger partial charge in [0.2, 0.25) is 0 Å². The number of hydrogen-bond donors (Lipinski definition) is 0. The van der Waals surface area contributed by atoms with E-state index in [1.165, 1.54) is 0 Å². The van der Waals surface area contributed by atoms with Crippen LogP contribution in [0.2, 0.25) is 0 Å². The van der Waals surface area contributed by atoms with E-state index in [0.717, 1.165) is 11.3 Å². The minimum absolute atomic E-state index is 0.364. The molecule has 1 heteroatoms. The summed E-state index contributed by atoms with van der Waals surface area (Å²) in [6.45, 7) is 10.4. The van der Waals surface area contributed by atoms with Crippen LogP contribution < -0.4 is 0 Å². The van der Waals surface area contributed by atoms with Crippen molar-refractivity contribution in [3.8, 4) is 0 Å². The molecule has 0 spiro atoms. The van der Waals surface area contributed by atoms with E-state index >= 15 is 0 Å². The summed E-state index contributed by atoms with van der Waals surface area (Å²) in [6, 6.07) is 0.364. The molecule has 0 saturated heterocycles. The number of nitrogens with zero attached hydrogens (tertiary/aromatic N) is 1. The van der Waals surface area contributed by atoms with Crippen LogP contribution in [0.4, 0.5) is 0 Å². The van der Waals surface area contributed by atoms with E-state index in [2.05, 4.69) is 32.3 Å². The maximum atomic E-state index is 4.60. The monoisotopic (exact) mass is 175 g/mol. The Labute approximate surface area is 80.6 Å². The molecule has 0 bridgehead atoms. The van der Waals surface area contributed by atoms with Gasteiger partial charge >= 0.3 is 0 Å². The fourth-order valence-electron chi connectivity index (χ4n) is 1.01. The normalized spacial score (nSPS) is 21.5. The van der Waals surface area contributed by atoms with Gasteiger partial charge in [0.05, 0.1) is 11.8 Å². The Morgan fingerprint density at radius 2 is 1.77 bits per heavy atom. The summed E-state index contributed by atoms with van der Waals surface area (Å²) in [6.07, 6.45) is 8.00. The van der Waals surface area contributed by atoms with Gasteiger partial charge in [0, 0.05) is 0 Å². The average molecular weight is 175 g/mol. The molecule has 0 aromatic rings. The van der Waals surface area contributed by atoms with E-state index in [9.17, 15) is 0 Å². The fourth-order valence-corrected chi connectivity index (χ4v) is 1.01. The van der Waals surface area contributed by atoms with Gasteiger partial charge in [-0.1, -0.05) is 38.7 Å². The Morgan fingerprint density at radius 3 is 2.31 bits per heavy atom. The second-order valence-corrected chi connectivity index (χ2v) is 3.74. The first-order chi connectivity index (χ1) is 6.11. The molecule has 0 fully saturated rings. The molecule has 1 aliphatic carbocycles. The van der Waals surface area contributed by atoms with Crippen molar-refractivity contribution in [3.63, 3.8) is 0 Å². The van der Waals surface area contributed by atoms with Crippen LogP contribution in [0.5, 0.6) is 0 Å². The molecule has 0 heterocycles. The lowest BCUT2D eigenvalue weighted by molar-refractivity contribution is 0.532. The molecule has 0 N–H and O–H groups in total. The second kappa shape index (κ2) is 4.22. The number of aliphatic imine (C=N–C) groups is 1. The molecular weight excluding hydrogens is 158 g/mol. The molecule has 70 valence electrons. The van der Waals surface area contributed by atoms with Crippen molar-refractivity contribution in [3.05, 3.63) is 36.5 Å². The quantitative estimate of drug-likeness (QED) is 0.611. The highest BCUT2D eigenvalue weighted by molar-refractivity contribution is 6.11. The Kier molecular flexibility index (Phi) is 3.24. The van der Waals surface area contributed by atoms with Gasteiger partial charge in [-0.25, -0.2) is 0 Å². The Morgan fingerprint density at radius 1 is 1.15 bits per heavy atom. The minimum Gasteiger partial charge on any atom is -0.281 e. The smallest absolute Gasteiger partial charge is 0.0644 e. The predicted octanol–water partition coefficient (Wildman–Crippen LogP) is 3.15. The van der Waals surface area contributed by atoms with Crippen LogP contribution in [0.3, 0.4) is 0 Å². The van der Waals surface area contributed by atoms with Crippen molar-refractivity contribution in [1.29, 1.82) is 0 Å². The van der Waals surface area contributed by atoms with Crippen LogP contribution in [0.25, 0.3) is 0 Å². The molecular formula is C12H17N. The van der Waals surface area contributed by atoms with Gasteiger partial charge in [-0.15, -0.1) is 0 Å². The van der Waals surface area contributed by atoms with Crippen LogP contribution in [0.1, 0.15) is 20.8 Å². The molecule has 0 amide bonds. The summed E-state index contributed by atoms with van der Waals surface area (Å²) in [5.41, 5.74) is 2.03. The Balaban J connectivity index is 2.76. The first kappa shape index (κ1) is 9.97. The largest absolute Gasteiger partial charge is 0.281 e. The van der Waals surface area contributed by atoms with Gasteiger partial charge in [-0.2, -0.15) is 0 Å². The van der Waals surface area contributed by atoms with E-state index in [-0.39, 0.29) is 0 Å². The van der Waals surface area contributed by atoms with E-state index in [4.69, 9.17) is 0 Å². The zero-order chi connectivity index (χ0) is 9.84. The highest BCUT2D eigenvalue weighted by atomic mass is 14.8. The topological polar surface area (TPSA) is 12.4 Å². The highest BCUT2D eigenvalue weighted by Gasteiger charge is 2.07. The van der Waals surface area contributed by atoms with Crippen LogP contribution in [-0.2, 0) is 0 Å². The highest BCUT2D eigenvalue weighted by Crippen LogP contribution is 2.11. The maximum Gasteiger partial charge on any atom is 0.0644 e. The number of rotatable bonds is 2. The van der Waals surface area contributed by atoms with Gasteiger partial charge in [0.25, 0.3) is 0 Å². The van der Waals surface area contributed by atoms with Crippen LogP contribution in [-0.4, -0.2) is 11.8 Å². The Bertz CT molecular complexity index is 279. The molecule has 0 aromatic heterocycles. The number of hydrogen-bond acceptors (Lipinski definition) is 1. The lowest BCUT2D eigenvalue weighted by atomic mass is 10.0. The average Bonchev–Trinajstić information content (AvgIpc) is 2.08. The van der Waals surface area contributed by atoms with E-state index in [1.54, 1.807) is 0 Å². The molecule has 13 heavy (non-hydrogen) atoms. The van der Waals surface area contributed by atoms with Crippen molar-refractivity contribution < 1.29 is 0 Å². The summed E-state index contributed by atoms with van der Waals surface area (Å²) in [7, 11) is 0. The standard InChI is InChI=1S/C12H17N/c1-9(2)11(4)13-12-8-6-5-7-10(12)3/h5-9,11H,3H2,1-2,4H3. The summed E-state index contributed by atoms with van der Waals surface area (Å²) in [4.78, 5) is 4.60. The van der Waals surface area contributed by atoms with E-state index < -0.39 is 0 Å². The predicted molar refractivity (Wildman–Crippen MR) is 59.2 cm³/mol. The summed E-state index contributed by atoms with van der Waals surface area (Å²) < 4.78 is 0. The third kappa shape index (κ3) is 2.69. The maximum absolute atomic E-state index is 4.60. The van der Waals surface area contributed by atoms with E-state index in [0.29, 0.717) is 12.0 Å². The van der Waals surface area contributed by atoms with Crippen molar-refractivity contribution >= 4 is 5.71 Å². The second-order valence-electron chi connectivity index (χ2n) is 3.74. The van der Waals surface area contributed by atoms with Crippen molar-refractivity contribution in [2.75, 3.05) is 0 Å². The van der Waals surface area contributed by atoms with Gasteiger partial charge in [0.15, 0.2) is 0 Å². The molecule has 1 nitrogen and oxygen atoms in total.